The van der Waals surface area contributed by atoms with Gasteiger partial charge in [0, 0.05) is 29.6 Å². The van der Waals surface area contributed by atoms with Gasteiger partial charge >= 0.3 is 5.63 Å². The Morgan fingerprint density at radius 3 is 2.56 bits per heavy atom. The molecule has 140 valence electrons. The van der Waals surface area contributed by atoms with Crippen LogP contribution in [0.4, 0.5) is 5.69 Å². The second-order valence-corrected chi connectivity index (χ2v) is 6.14. The number of aryl methyl sites for hydroxylation is 1. The average molecular weight is 367 g/mol. The van der Waals surface area contributed by atoms with Crippen molar-refractivity contribution >= 4 is 22.6 Å². The topological polar surface area (TPSA) is 77.8 Å². The molecule has 0 unspecified atom stereocenters. The van der Waals surface area contributed by atoms with E-state index in [4.69, 9.17) is 13.9 Å². The fraction of sp³-hybridized carbons (Fsp3) is 0.238. The van der Waals surface area contributed by atoms with E-state index in [0.29, 0.717) is 30.7 Å². The van der Waals surface area contributed by atoms with Crippen molar-refractivity contribution in [2.45, 2.75) is 19.8 Å². The Hall–Kier alpha value is -3.28. The van der Waals surface area contributed by atoms with Crippen LogP contribution >= 0.6 is 0 Å². The number of carbonyl (C=O) groups excluding carboxylic acids is 1. The van der Waals surface area contributed by atoms with Crippen LogP contribution < -0.4 is 20.4 Å². The standard InChI is InChI=1S/C21H21NO5/c1-14-12-21(24)27-19-13-15(5-10-18(14)19)22-20(23)4-3-11-26-17-8-6-16(25-2)7-9-17/h5-10,12-13H,3-4,11H2,1-2H3,(H,22,23). The molecule has 1 amide bonds. The van der Waals surface area contributed by atoms with Crippen molar-refractivity contribution < 1.29 is 18.7 Å². The average Bonchev–Trinajstić information content (AvgIpc) is 2.65. The zero-order valence-electron chi connectivity index (χ0n) is 15.3. The van der Waals surface area contributed by atoms with Crippen molar-refractivity contribution in [3.05, 3.63) is 64.5 Å². The molecular formula is C21H21NO5. The Kier molecular flexibility index (Phi) is 5.76. The summed E-state index contributed by atoms with van der Waals surface area (Å²) in [5.41, 5.74) is 1.49. The minimum absolute atomic E-state index is 0.123. The number of anilines is 1. The van der Waals surface area contributed by atoms with E-state index in [0.717, 1.165) is 22.4 Å². The Labute approximate surface area is 156 Å². The smallest absolute Gasteiger partial charge is 0.336 e. The number of fused-ring (bicyclic) bond motifs is 1. The normalized spacial score (nSPS) is 10.6. The van der Waals surface area contributed by atoms with Gasteiger partial charge in [-0.25, -0.2) is 4.79 Å². The van der Waals surface area contributed by atoms with Crippen LogP contribution in [0.25, 0.3) is 11.0 Å². The van der Waals surface area contributed by atoms with Gasteiger partial charge in [-0.1, -0.05) is 0 Å². The molecule has 2 aromatic carbocycles. The van der Waals surface area contributed by atoms with Crippen molar-refractivity contribution in [2.24, 2.45) is 0 Å². The van der Waals surface area contributed by atoms with Gasteiger partial charge in [0.15, 0.2) is 0 Å². The summed E-state index contributed by atoms with van der Waals surface area (Å²) in [5.74, 6) is 1.38. The predicted octanol–water partition coefficient (Wildman–Crippen LogP) is 3.91. The summed E-state index contributed by atoms with van der Waals surface area (Å²) in [6, 6.07) is 14.0. The molecule has 0 spiro atoms. The molecule has 0 atom stereocenters. The Morgan fingerprint density at radius 2 is 1.81 bits per heavy atom. The number of methoxy groups -OCH3 is 1. The number of ether oxygens (including phenoxy) is 2. The van der Waals surface area contributed by atoms with Crippen molar-refractivity contribution in [1.29, 1.82) is 0 Å². The highest BCUT2D eigenvalue weighted by atomic mass is 16.5. The number of amides is 1. The van der Waals surface area contributed by atoms with Crippen LogP contribution in [-0.2, 0) is 4.79 Å². The second kappa shape index (κ2) is 8.40. The van der Waals surface area contributed by atoms with E-state index in [2.05, 4.69) is 5.32 Å². The van der Waals surface area contributed by atoms with Crippen LogP contribution in [0.3, 0.4) is 0 Å². The van der Waals surface area contributed by atoms with Gasteiger partial charge in [0.2, 0.25) is 5.91 Å². The zero-order chi connectivity index (χ0) is 19.2. The summed E-state index contributed by atoms with van der Waals surface area (Å²) < 4.78 is 15.9. The lowest BCUT2D eigenvalue weighted by Gasteiger charge is -2.08. The quantitative estimate of drug-likeness (QED) is 0.506. The number of nitrogens with one attached hydrogen (secondary N) is 1. The maximum atomic E-state index is 12.1. The zero-order valence-corrected chi connectivity index (χ0v) is 15.3. The molecule has 1 N–H and O–H groups in total. The first-order valence-corrected chi connectivity index (χ1v) is 8.66. The SMILES string of the molecule is COc1ccc(OCCCC(=O)Nc2ccc3c(C)cc(=O)oc3c2)cc1. The highest BCUT2D eigenvalue weighted by Gasteiger charge is 2.07. The molecule has 0 aliphatic carbocycles. The third-order valence-electron chi connectivity index (χ3n) is 4.11. The van der Waals surface area contributed by atoms with Crippen LogP contribution in [0, 0.1) is 6.92 Å². The largest absolute Gasteiger partial charge is 0.497 e. The minimum atomic E-state index is -0.404. The molecule has 0 aliphatic rings. The second-order valence-electron chi connectivity index (χ2n) is 6.14. The Balaban J connectivity index is 1.50. The summed E-state index contributed by atoms with van der Waals surface area (Å²) in [4.78, 5) is 23.6. The van der Waals surface area contributed by atoms with Gasteiger partial charge in [-0.3, -0.25) is 4.79 Å². The molecule has 6 nitrogen and oxygen atoms in total. The van der Waals surface area contributed by atoms with Crippen molar-refractivity contribution in [3.8, 4) is 11.5 Å². The molecule has 3 aromatic rings. The van der Waals surface area contributed by atoms with E-state index in [1.165, 1.54) is 6.07 Å². The van der Waals surface area contributed by atoms with Crippen LogP contribution in [0.1, 0.15) is 18.4 Å². The third kappa shape index (κ3) is 4.88. The van der Waals surface area contributed by atoms with Gasteiger partial charge in [0.25, 0.3) is 0 Å². The van der Waals surface area contributed by atoms with Gasteiger partial charge in [-0.05, 0) is 55.3 Å². The molecule has 0 saturated carbocycles. The molecule has 0 fully saturated rings. The number of benzene rings is 2. The molecule has 0 aliphatic heterocycles. The molecule has 3 rings (SSSR count). The van der Waals surface area contributed by atoms with E-state index in [-0.39, 0.29) is 5.91 Å². The maximum Gasteiger partial charge on any atom is 0.336 e. The summed E-state index contributed by atoms with van der Waals surface area (Å²) in [6.45, 7) is 2.28. The van der Waals surface area contributed by atoms with Gasteiger partial charge < -0.3 is 19.2 Å². The highest BCUT2D eigenvalue weighted by molar-refractivity contribution is 5.93. The molecule has 0 saturated heterocycles. The van der Waals surface area contributed by atoms with E-state index in [1.807, 2.05) is 37.3 Å². The fourth-order valence-corrected chi connectivity index (χ4v) is 2.72. The monoisotopic (exact) mass is 367 g/mol. The van der Waals surface area contributed by atoms with Crippen LogP contribution in [0.5, 0.6) is 11.5 Å². The van der Waals surface area contributed by atoms with Gasteiger partial charge in [0.05, 0.1) is 13.7 Å². The Morgan fingerprint density at radius 1 is 1.07 bits per heavy atom. The molecular weight excluding hydrogens is 346 g/mol. The highest BCUT2D eigenvalue weighted by Crippen LogP contribution is 2.21. The molecule has 0 radical (unpaired) electrons. The Bertz CT molecular complexity index is 992. The third-order valence-corrected chi connectivity index (χ3v) is 4.11. The van der Waals surface area contributed by atoms with E-state index < -0.39 is 5.63 Å². The number of carbonyl (C=O) groups is 1. The molecule has 1 aromatic heterocycles. The van der Waals surface area contributed by atoms with Crippen molar-refractivity contribution in [2.75, 3.05) is 19.0 Å². The van der Waals surface area contributed by atoms with Crippen molar-refractivity contribution in [3.63, 3.8) is 0 Å². The molecule has 1 heterocycles. The van der Waals surface area contributed by atoms with Gasteiger partial charge in [0.1, 0.15) is 17.1 Å². The maximum absolute atomic E-state index is 12.1. The first-order chi connectivity index (χ1) is 13.0. The van der Waals surface area contributed by atoms with E-state index in [9.17, 15) is 9.59 Å². The minimum Gasteiger partial charge on any atom is -0.497 e. The van der Waals surface area contributed by atoms with Gasteiger partial charge in [-0.2, -0.15) is 0 Å². The summed E-state index contributed by atoms with van der Waals surface area (Å²) in [5, 5.41) is 3.66. The van der Waals surface area contributed by atoms with E-state index in [1.54, 1.807) is 19.2 Å². The van der Waals surface area contributed by atoms with Crippen LogP contribution in [0.15, 0.2) is 57.7 Å². The summed E-state index contributed by atoms with van der Waals surface area (Å²) in [7, 11) is 1.61. The van der Waals surface area contributed by atoms with Crippen LogP contribution in [-0.4, -0.2) is 19.6 Å². The lowest BCUT2D eigenvalue weighted by atomic mass is 10.1. The molecule has 0 bridgehead atoms. The number of rotatable bonds is 7. The summed E-state index contributed by atoms with van der Waals surface area (Å²) >= 11 is 0. The fourth-order valence-electron chi connectivity index (χ4n) is 2.72. The first-order valence-electron chi connectivity index (χ1n) is 8.66. The predicted molar refractivity (Wildman–Crippen MR) is 104 cm³/mol. The first kappa shape index (κ1) is 18.5. The molecule has 27 heavy (non-hydrogen) atoms. The number of hydrogen-bond donors (Lipinski definition) is 1. The van der Waals surface area contributed by atoms with Crippen LogP contribution in [0.2, 0.25) is 0 Å². The van der Waals surface area contributed by atoms with Gasteiger partial charge in [-0.15, -0.1) is 0 Å². The lowest BCUT2D eigenvalue weighted by molar-refractivity contribution is -0.116. The molecule has 6 heteroatoms. The summed E-state index contributed by atoms with van der Waals surface area (Å²) in [6.07, 6.45) is 0.908. The lowest BCUT2D eigenvalue weighted by Crippen LogP contribution is -2.13. The van der Waals surface area contributed by atoms with Crippen molar-refractivity contribution in [1.82, 2.24) is 0 Å². The van der Waals surface area contributed by atoms with E-state index >= 15 is 0 Å². The number of hydrogen-bond acceptors (Lipinski definition) is 5.